The van der Waals surface area contributed by atoms with Crippen molar-refractivity contribution in [3.8, 4) is 0 Å². The van der Waals surface area contributed by atoms with Crippen molar-refractivity contribution in [2.24, 2.45) is 5.41 Å². The average molecular weight is 561 g/mol. The Morgan fingerprint density at radius 3 is 2.22 bits per heavy atom. The van der Waals surface area contributed by atoms with Crippen LogP contribution in [0.5, 0.6) is 0 Å². The van der Waals surface area contributed by atoms with E-state index in [2.05, 4.69) is 0 Å². The highest BCUT2D eigenvalue weighted by molar-refractivity contribution is 6.34. The molecule has 7 nitrogen and oxygen atoms in total. The van der Waals surface area contributed by atoms with E-state index in [1.165, 1.54) is 24.3 Å². The molecule has 1 saturated heterocycles. The summed E-state index contributed by atoms with van der Waals surface area (Å²) in [5.74, 6) is -2.16. The number of ketones is 3. The summed E-state index contributed by atoms with van der Waals surface area (Å²) in [7, 11) is 0. The predicted molar refractivity (Wildman–Crippen MR) is 155 cm³/mol. The summed E-state index contributed by atoms with van der Waals surface area (Å²) >= 11 is 6.79. The number of carbonyl (C=O) groups excluding carboxylic acids is 3. The molecule has 4 aromatic rings. The third kappa shape index (κ3) is 3.36. The molecule has 1 spiro atoms. The number of rotatable bonds is 4. The maximum Gasteiger partial charge on any atom is 0.270 e. The number of nitrogens with zero attached hydrogens (tertiary/aromatic N) is 2. The molecule has 1 unspecified atom stereocenters. The number of anilines is 1. The summed E-state index contributed by atoms with van der Waals surface area (Å²) in [6, 6.07) is 24.8. The highest BCUT2D eigenvalue weighted by Crippen LogP contribution is 2.61. The van der Waals surface area contributed by atoms with E-state index in [0.29, 0.717) is 27.4 Å². The van der Waals surface area contributed by atoms with Gasteiger partial charge in [-0.2, -0.15) is 0 Å². The summed E-state index contributed by atoms with van der Waals surface area (Å²) in [6.07, 6.45) is 3.71. The fraction of sp³-hybridized carbons (Fsp3) is 0.121. The van der Waals surface area contributed by atoms with E-state index in [1.807, 2.05) is 41.3 Å². The molecule has 3 aliphatic rings. The monoisotopic (exact) mass is 560 g/mol. The summed E-state index contributed by atoms with van der Waals surface area (Å²) in [5, 5.41) is 11.9. The highest BCUT2D eigenvalue weighted by Gasteiger charge is 2.71. The van der Waals surface area contributed by atoms with Crippen molar-refractivity contribution in [2.75, 3.05) is 4.90 Å². The van der Waals surface area contributed by atoms with Gasteiger partial charge in [0, 0.05) is 45.5 Å². The second-order valence-electron chi connectivity index (χ2n) is 10.5. The number of nitro groups is 1. The Hall–Kier alpha value is -4.88. The molecule has 2 heterocycles. The van der Waals surface area contributed by atoms with Crippen molar-refractivity contribution in [3.05, 3.63) is 146 Å². The third-order valence-electron chi connectivity index (χ3n) is 8.56. The first kappa shape index (κ1) is 25.1. The number of carbonyl (C=O) groups is 3. The number of benzene rings is 4. The summed E-state index contributed by atoms with van der Waals surface area (Å²) in [6.45, 7) is 0. The van der Waals surface area contributed by atoms with Crippen molar-refractivity contribution >= 4 is 46.4 Å². The van der Waals surface area contributed by atoms with E-state index < -0.39 is 34.1 Å². The molecule has 1 fully saturated rings. The van der Waals surface area contributed by atoms with Crippen molar-refractivity contribution in [3.63, 3.8) is 0 Å². The maximum atomic E-state index is 14.7. The lowest BCUT2D eigenvalue weighted by atomic mass is 9.64. The lowest BCUT2D eigenvalue weighted by Gasteiger charge is -2.37. The molecule has 0 aromatic heterocycles. The number of para-hydroxylation sites is 1. The largest absolute Gasteiger partial charge is 0.352 e. The fourth-order valence-corrected chi connectivity index (χ4v) is 7.18. The van der Waals surface area contributed by atoms with Gasteiger partial charge >= 0.3 is 0 Å². The normalized spacial score (nSPS) is 21.5. The van der Waals surface area contributed by atoms with Gasteiger partial charge in [-0.25, -0.2) is 0 Å². The maximum absolute atomic E-state index is 14.7. The molecule has 2 aliphatic heterocycles. The van der Waals surface area contributed by atoms with E-state index in [-0.39, 0.29) is 22.8 Å². The Kier molecular flexibility index (Phi) is 5.56. The van der Waals surface area contributed by atoms with Crippen LogP contribution >= 0.6 is 11.6 Å². The minimum atomic E-state index is -1.69. The van der Waals surface area contributed by atoms with E-state index in [9.17, 15) is 24.5 Å². The Morgan fingerprint density at radius 2 is 1.51 bits per heavy atom. The smallest absolute Gasteiger partial charge is 0.270 e. The molecule has 8 heteroatoms. The standard InChI is InChI=1S/C33H21ClN2O5/c34-25-14-5-4-13-24(25)28-29(30(37)20-9-7-10-21(18-20)36(40)41)35-26-15-6-1-8-19(26)16-17-27(35)33(28)31(38)22-11-2-3-12-23(22)32(33)39/h1-18,27-29H/t27?,28-,29+/m1/s1. The Bertz CT molecular complexity index is 1810. The molecule has 3 atom stereocenters. The average Bonchev–Trinajstić information content (AvgIpc) is 3.43. The van der Waals surface area contributed by atoms with Crippen LogP contribution in [0.2, 0.25) is 5.02 Å². The quantitative estimate of drug-likeness (QED) is 0.121. The zero-order chi connectivity index (χ0) is 28.5. The molecule has 7 rings (SSSR count). The molecular formula is C33H21ClN2O5. The lowest BCUT2D eigenvalue weighted by Crippen LogP contribution is -2.48. The number of halogens is 1. The van der Waals surface area contributed by atoms with Crippen molar-refractivity contribution in [1.29, 1.82) is 0 Å². The van der Waals surface area contributed by atoms with Crippen LogP contribution in [0.1, 0.15) is 48.1 Å². The molecular weight excluding hydrogens is 540 g/mol. The van der Waals surface area contributed by atoms with E-state index in [1.54, 1.807) is 48.5 Å². The molecule has 0 amide bonds. The van der Waals surface area contributed by atoms with Gasteiger partial charge in [0.2, 0.25) is 0 Å². The van der Waals surface area contributed by atoms with Gasteiger partial charge in [-0.1, -0.05) is 96.5 Å². The molecule has 200 valence electrons. The van der Waals surface area contributed by atoms with Gasteiger partial charge in [-0.05, 0) is 23.3 Å². The molecule has 4 aromatic carbocycles. The molecule has 0 radical (unpaired) electrons. The minimum absolute atomic E-state index is 0.111. The second kappa shape index (κ2) is 9.08. The van der Waals surface area contributed by atoms with Crippen molar-refractivity contribution in [2.45, 2.75) is 18.0 Å². The first-order chi connectivity index (χ1) is 19.9. The number of nitro benzene ring substituents is 1. The number of hydrogen-bond donors (Lipinski definition) is 0. The number of Topliss-reactive ketones (excluding diaryl/α,β-unsaturated/α-hetero) is 3. The van der Waals surface area contributed by atoms with Crippen LogP contribution in [0.15, 0.2) is 103 Å². The fourth-order valence-electron chi connectivity index (χ4n) is 6.93. The Morgan fingerprint density at radius 1 is 0.854 bits per heavy atom. The first-order valence-electron chi connectivity index (χ1n) is 13.1. The van der Waals surface area contributed by atoms with Crippen LogP contribution < -0.4 is 4.90 Å². The molecule has 0 saturated carbocycles. The van der Waals surface area contributed by atoms with Gasteiger partial charge in [0.05, 0.1) is 11.0 Å². The molecule has 41 heavy (non-hydrogen) atoms. The molecule has 0 bridgehead atoms. The zero-order valence-corrected chi connectivity index (χ0v) is 22.2. The highest BCUT2D eigenvalue weighted by atomic mass is 35.5. The number of hydrogen-bond acceptors (Lipinski definition) is 6. The van der Waals surface area contributed by atoms with Crippen molar-refractivity contribution in [1.82, 2.24) is 0 Å². The van der Waals surface area contributed by atoms with Gasteiger partial charge in [0.25, 0.3) is 5.69 Å². The SMILES string of the molecule is O=C(c1cccc([N+](=O)[O-])c1)[C@@H]1[C@@H](c2ccccc2Cl)C2(C(=O)c3ccccc3C2=O)C2C=Cc3ccccc3N21. The van der Waals surface area contributed by atoms with Gasteiger partial charge < -0.3 is 4.90 Å². The Balaban J connectivity index is 1.55. The van der Waals surface area contributed by atoms with Crippen LogP contribution in [0.25, 0.3) is 6.08 Å². The van der Waals surface area contributed by atoms with Gasteiger partial charge in [0.1, 0.15) is 11.5 Å². The van der Waals surface area contributed by atoms with E-state index in [0.717, 1.165) is 5.56 Å². The number of non-ortho nitro benzene ring substituents is 1. The topological polar surface area (TPSA) is 97.6 Å². The summed E-state index contributed by atoms with van der Waals surface area (Å²) < 4.78 is 0. The first-order valence-corrected chi connectivity index (χ1v) is 13.5. The summed E-state index contributed by atoms with van der Waals surface area (Å²) in [4.78, 5) is 56.8. The van der Waals surface area contributed by atoms with Crippen LogP contribution in [0.3, 0.4) is 0 Å². The summed E-state index contributed by atoms with van der Waals surface area (Å²) in [5.41, 5.74) is 0.816. The minimum Gasteiger partial charge on any atom is -0.352 e. The van der Waals surface area contributed by atoms with Crippen molar-refractivity contribution < 1.29 is 19.3 Å². The zero-order valence-electron chi connectivity index (χ0n) is 21.4. The van der Waals surface area contributed by atoms with Crippen LogP contribution in [0.4, 0.5) is 11.4 Å². The Labute approximate surface area is 239 Å². The molecule has 1 aliphatic carbocycles. The molecule has 0 N–H and O–H groups in total. The van der Waals surface area contributed by atoms with Crippen LogP contribution in [-0.2, 0) is 0 Å². The number of fused-ring (bicyclic) bond motifs is 5. The van der Waals surface area contributed by atoms with Gasteiger partial charge in [-0.3, -0.25) is 24.5 Å². The van der Waals surface area contributed by atoms with Crippen LogP contribution in [-0.4, -0.2) is 34.4 Å². The second-order valence-corrected chi connectivity index (χ2v) is 10.9. The van der Waals surface area contributed by atoms with Crippen LogP contribution in [0, 0.1) is 15.5 Å². The third-order valence-corrected chi connectivity index (χ3v) is 8.91. The lowest BCUT2D eigenvalue weighted by molar-refractivity contribution is -0.384. The van der Waals surface area contributed by atoms with E-state index >= 15 is 0 Å². The van der Waals surface area contributed by atoms with Gasteiger partial charge in [0.15, 0.2) is 17.3 Å². The predicted octanol–water partition coefficient (Wildman–Crippen LogP) is 6.56. The van der Waals surface area contributed by atoms with E-state index in [4.69, 9.17) is 11.6 Å². The van der Waals surface area contributed by atoms with Gasteiger partial charge in [-0.15, -0.1) is 0 Å².